The Balaban J connectivity index is 1.57. The zero-order chi connectivity index (χ0) is 21.7. The number of benzene rings is 2. The number of carbonyl (C=O) groups excluding carboxylic acids is 1. The number of nitrogens with zero attached hydrogens (tertiary/aromatic N) is 2. The number of anilines is 1. The zero-order valence-corrected chi connectivity index (χ0v) is 16.2. The first-order valence-corrected chi connectivity index (χ1v) is 9.68. The minimum absolute atomic E-state index is 0.0676. The molecule has 6 nitrogen and oxygen atoms in total. The number of alkyl halides is 3. The van der Waals surface area contributed by atoms with Crippen LogP contribution in [-0.2, 0) is 17.4 Å². The summed E-state index contributed by atoms with van der Waals surface area (Å²) in [4.78, 5) is 23.8. The van der Waals surface area contributed by atoms with Crippen LogP contribution in [0.2, 0.25) is 0 Å². The number of hydrogen-bond acceptors (Lipinski definition) is 4. The smallest absolute Gasteiger partial charge is 0.371 e. The van der Waals surface area contributed by atoms with Crippen LogP contribution in [0, 0.1) is 10.1 Å². The topological polar surface area (TPSA) is 75.5 Å². The fraction of sp³-hybridized carbons (Fsp3) is 0.381. The van der Waals surface area contributed by atoms with E-state index >= 15 is 0 Å². The number of nitrogens with one attached hydrogen (secondary N) is 1. The summed E-state index contributed by atoms with van der Waals surface area (Å²) in [5.74, 6) is -0.0800. The average Bonchev–Trinajstić information content (AvgIpc) is 2.72. The lowest BCUT2D eigenvalue weighted by atomic mass is 10.0. The van der Waals surface area contributed by atoms with E-state index in [-0.39, 0.29) is 17.6 Å². The van der Waals surface area contributed by atoms with Gasteiger partial charge in [-0.1, -0.05) is 30.3 Å². The van der Waals surface area contributed by atoms with Gasteiger partial charge in [0, 0.05) is 43.4 Å². The van der Waals surface area contributed by atoms with E-state index in [4.69, 9.17) is 0 Å². The Labute approximate surface area is 171 Å². The number of aryl methyl sites for hydroxylation is 1. The van der Waals surface area contributed by atoms with E-state index in [9.17, 15) is 28.1 Å². The maximum absolute atomic E-state index is 13.4. The summed E-state index contributed by atoms with van der Waals surface area (Å²) in [7, 11) is 0. The predicted molar refractivity (Wildman–Crippen MR) is 106 cm³/mol. The first-order valence-electron chi connectivity index (χ1n) is 9.68. The van der Waals surface area contributed by atoms with Gasteiger partial charge < -0.3 is 10.2 Å². The molecule has 1 aliphatic rings. The Morgan fingerprint density at radius 1 is 1.13 bits per heavy atom. The summed E-state index contributed by atoms with van der Waals surface area (Å²) in [6.07, 6.45) is -2.70. The molecule has 0 aliphatic carbocycles. The molecule has 2 aromatic rings. The van der Waals surface area contributed by atoms with Gasteiger partial charge >= 0.3 is 6.18 Å². The highest BCUT2D eigenvalue weighted by Crippen LogP contribution is 2.39. The van der Waals surface area contributed by atoms with E-state index in [0.717, 1.165) is 17.7 Å². The minimum atomic E-state index is -4.69. The van der Waals surface area contributed by atoms with Crippen LogP contribution in [-0.4, -0.2) is 30.0 Å². The molecule has 1 fully saturated rings. The van der Waals surface area contributed by atoms with E-state index in [0.29, 0.717) is 44.8 Å². The van der Waals surface area contributed by atoms with Crippen LogP contribution in [0.3, 0.4) is 0 Å². The molecule has 1 N–H and O–H groups in total. The number of piperidine rings is 1. The number of non-ortho nitro benzene ring substituents is 1. The van der Waals surface area contributed by atoms with Crippen molar-refractivity contribution in [2.75, 3.05) is 18.0 Å². The molecule has 0 radical (unpaired) electrons. The van der Waals surface area contributed by atoms with Crippen molar-refractivity contribution < 1.29 is 22.9 Å². The van der Waals surface area contributed by atoms with Gasteiger partial charge in [0.25, 0.3) is 5.69 Å². The second-order valence-electron chi connectivity index (χ2n) is 7.27. The normalized spacial score (nSPS) is 15.1. The van der Waals surface area contributed by atoms with Crippen molar-refractivity contribution in [2.24, 2.45) is 0 Å². The third kappa shape index (κ3) is 5.49. The number of nitro benzene ring substituents is 1. The molecule has 0 atom stereocenters. The highest BCUT2D eigenvalue weighted by atomic mass is 19.4. The average molecular weight is 421 g/mol. The van der Waals surface area contributed by atoms with E-state index in [2.05, 4.69) is 5.32 Å². The molecular weight excluding hydrogens is 399 g/mol. The number of rotatable bonds is 6. The van der Waals surface area contributed by atoms with Crippen LogP contribution in [0.25, 0.3) is 0 Å². The number of hydrogen-bond donors (Lipinski definition) is 1. The highest BCUT2D eigenvalue weighted by molar-refractivity contribution is 5.76. The molecule has 1 heterocycles. The molecule has 1 amide bonds. The van der Waals surface area contributed by atoms with Crippen molar-refractivity contribution in [1.29, 1.82) is 0 Å². The van der Waals surface area contributed by atoms with E-state index in [1.165, 1.54) is 0 Å². The standard InChI is InChI=1S/C21H22F3N3O3/c22-21(23,24)18-14-17(27(29)30)7-8-19(18)26-12-10-16(11-13-26)25-20(28)9-6-15-4-2-1-3-5-15/h1-5,7-8,14,16H,6,9-13H2,(H,25,28). The Hall–Kier alpha value is -3.10. The molecule has 3 rings (SSSR count). The Morgan fingerprint density at radius 3 is 2.40 bits per heavy atom. The lowest BCUT2D eigenvalue weighted by Gasteiger charge is -2.35. The van der Waals surface area contributed by atoms with Crippen molar-refractivity contribution in [3.8, 4) is 0 Å². The van der Waals surface area contributed by atoms with Gasteiger partial charge in [0.05, 0.1) is 10.5 Å². The number of halogens is 3. The quantitative estimate of drug-likeness (QED) is 0.556. The molecule has 1 aliphatic heterocycles. The molecule has 0 spiro atoms. The summed E-state index contributed by atoms with van der Waals surface area (Å²) >= 11 is 0. The van der Waals surface area contributed by atoms with Crippen LogP contribution >= 0.6 is 0 Å². The monoisotopic (exact) mass is 421 g/mol. The molecule has 1 saturated heterocycles. The summed E-state index contributed by atoms with van der Waals surface area (Å²) < 4.78 is 40.2. The van der Waals surface area contributed by atoms with Crippen molar-refractivity contribution in [2.45, 2.75) is 37.9 Å². The zero-order valence-electron chi connectivity index (χ0n) is 16.2. The largest absolute Gasteiger partial charge is 0.418 e. The minimum Gasteiger partial charge on any atom is -0.371 e. The fourth-order valence-corrected chi connectivity index (χ4v) is 3.61. The van der Waals surface area contributed by atoms with Gasteiger partial charge in [-0.25, -0.2) is 0 Å². The van der Waals surface area contributed by atoms with Crippen LogP contribution < -0.4 is 10.2 Å². The molecule has 2 aromatic carbocycles. The van der Waals surface area contributed by atoms with E-state index < -0.39 is 22.4 Å². The van der Waals surface area contributed by atoms with Crippen LogP contribution in [0.1, 0.15) is 30.4 Å². The molecule has 0 unspecified atom stereocenters. The molecule has 30 heavy (non-hydrogen) atoms. The van der Waals surface area contributed by atoms with Crippen LogP contribution in [0.5, 0.6) is 0 Å². The summed E-state index contributed by atoms with van der Waals surface area (Å²) in [5, 5.41) is 13.8. The molecule has 160 valence electrons. The van der Waals surface area contributed by atoms with E-state index in [1.54, 1.807) is 4.90 Å². The van der Waals surface area contributed by atoms with Gasteiger partial charge in [-0.3, -0.25) is 14.9 Å². The first-order chi connectivity index (χ1) is 14.2. The first kappa shape index (κ1) is 21.6. The van der Waals surface area contributed by atoms with Crippen molar-refractivity contribution in [3.63, 3.8) is 0 Å². The van der Waals surface area contributed by atoms with Gasteiger partial charge in [0.1, 0.15) is 0 Å². The molecule has 0 saturated carbocycles. The molecular formula is C21H22F3N3O3. The second-order valence-corrected chi connectivity index (χ2v) is 7.27. The molecule has 9 heteroatoms. The Morgan fingerprint density at radius 2 is 1.80 bits per heavy atom. The summed E-state index contributed by atoms with van der Waals surface area (Å²) in [6, 6.07) is 12.4. The van der Waals surface area contributed by atoms with Gasteiger partial charge in [-0.2, -0.15) is 13.2 Å². The fourth-order valence-electron chi connectivity index (χ4n) is 3.61. The third-order valence-electron chi connectivity index (χ3n) is 5.18. The second kappa shape index (κ2) is 9.15. The maximum atomic E-state index is 13.4. The number of amides is 1. The third-order valence-corrected chi connectivity index (χ3v) is 5.18. The lowest BCUT2D eigenvalue weighted by molar-refractivity contribution is -0.385. The van der Waals surface area contributed by atoms with Gasteiger partial charge in [0.2, 0.25) is 5.91 Å². The SMILES string of the molecule is O=C(CCc1ccccc1)NC1CCN(c2ccc([N+](=O)[O-])cc2C(F)(F)F)CC1. The predicted octanol–water partition coefficient (Wildman–Crippen LogP) is 4.33. The Kier molecular flexibility index (Phi) is 6.59. The highest BCUT2D eigenvalue weighted by Gasteiger charge is 2.37. The maximum Gasteiger partial charge on any atom is 0.418 e. The van der Waals surface area contributed by atoms with Crippen LogP contribution in [0.4, 0.5) is 24.5 Å². The molecule has 0 bridgehead atoms. The van der Waals surface area contributed by atoms with Crippen LogP contribution in [0.15, 0.2) is 48.5 Å². The van der Waals surface area contributed by atoms with Gasteiger partial charge in [-0.15, -0.1) is 0 Å². The van der Waals surface area contributed by atoms with Gasteiger partial charge in [0.15, 0.2) is 0 Å². The van der Waals surface area contributed by atoms with Gasteiger partial charge in [-0.05, 0) is 30.9 Å². The van der Waals surface area contributed by atoms with E-state index in [1.807, 2.05) is 30.3 Å². The molecule has 0 aromatic heterocycles. The Bertz CT molecular complexity index is 895. The summed E-state index contributed by atoms with van der Waals surface area (Å²) in [6.45, 7) is 0.648. The van der Waals surface area contributed by atoms with Crippen molar-refractivity contribution >= 4 is 17.3 Å². The van der Waals surface area contributed by atoms with Crippen molar-refractivity contribution in [1.82, 2.24) is 5.32 Å². The lowest BCUT2D eigenvalue weighted by Crippen LogP contribution is -2.45. The number of carbonyl (C=O) groups is 1. The van der Waals surface area contributed by atoms with Crippen molar-refractivity contribution in [3.05, 3.63) is 69.8 Å². The number of nitro groups is 1. The summed E-state index contributed by atoms with van der Waals surface area (Å²) in [5.41, 5.74) is -0.601.